The lowest BCUT2D eigenvalue weighted by Gasteiger charge is -2.36. The highest BCUT2D eigenvalue weighted by Crippen LogP contribution is 2.59. The topological polar surface area (TPSA) is 41.1 Å². The van der Waals surface area contributed by atoms with Gasteiger partial charge in [-0.05, 0) is 58.0 Å². The van der Waals surface area contributed by atoms with Crippen LogP contribution in [0.4, 0.5) is 0 Å². The summed E-state index contributed by atoms with van der Waals surface area (Å²) < 4.78 is 2.48. The molecule has 0 saturated heterocycles. The summed E-state index contributed by atoms with van der Waals surface area (Å²) in [6.45, 7) is 0. The zero-order chi connectivity index (χ0) is 32.1. The van der Waals surface area contributed by atoms with Crippen molar-refractivity contribution in [3.05, 3.63) is 208 Å². The van der Waals surface area contributed by atoms with E-state index in [2.05, 4.69) is 149 Å². The number of para-hydroxylation sites is 1. The fourth-order valence-electron chi connectivity index (χ4n) is 8.25. The van der Waals surface area contributed by atoms with Crippen LogP contribution in [0, 0.1) is 5.41 Å². The van der Waals surface area contributed by atoms with E-state index < -0.39 is 5.41 Å². The summed E-state index contributed by atoms with van der Waals surface area (Å²) in [6.07, 6.45) is 5.23. The van der Waals surface area contributed by atoms with Gasteiger partial charge in [-0.3, -0.25) is 5.41 Å². The highest BCUT2D eigenvalue weighted by atomic mass is 15.0. The van der Waals surface area contributed by atoms with E-state index in [4.69, 9.17) is 5.41 Å². The van der Waals surface area contributed by atoms with Crippen LogP contribution in [0.2, 0.25) is 0 Å². The number of benzene rings is 6. The van der Waals surface area contributed by atoms with Gasteiger partial charge >= 0.3 is 0 Å². The molecule has 2 aliphatic rings. The maximum absolute atomic E-state index is 8.55. The molecule has 1 aromatic heterocycles. The van der Waals surface area contributed by atoms with Crippen LogP contribution < -0.4 is 10.6 Å². The highest BCUT2D eigenvalue weighted by molar-refractivity contribution is 6.03. The number of hydrogen-bond donors (Lipinski definition) is 1. The smallest absolute Gasteiger partial charge is 0.151 e. The van der Waals surface area contributed by atoms with Gasteiger partial charge in [-0.2, -0.15) is 0 Å². The first-order valence-corrected chi connectivity index (χ1v) is 16.6. The average molecular weight is 616 g/mol. The molecule has 0 saturated carbocycles. The number of aliphatic imine (C=N–C) groups is 1. The third-order valence-electron chi connectivity index (χ3n) is 10.2. The molecule has 0 bridgehead atoms. The van der Waals surface area contributed by atoms with E-state index in [1.165, 1.54) is 49.3 Å². The summed E-state index contributed by atoms with van der Waals surface area (Å²) >= 11 is 0. The predicted molar refractivity (Wildman–Crippen MR) is 198 cm³/mol. The Morgan fingerprint density at radius 2 is 1.33 bits per heavy atom. The first-order chi connectivity index (χ1) is 23.7. The van der Waals surface area contributed by atoms with Crippen molar-refractivity contribution in [1.82, 2.24) is 4.57 Å². The molecule has 3 heteroatoms. The number of nitrogens with zero attached hydrogens (tertiary/aromatic N) is 2. The summed E-state index contributed by atoms with van der Waals surface area (Å²) in [7, 11) is 0. The second-order valence-electron chi connectivity index (χ2n) is 12.7. The van der Waals surface area contributed by atoms with Gasteiger partial charge in [0.25, 0.3) is 0 Å². The maximum atomic E-state index is 8.55. The van der Waals surface area contributed by atoms with Gasteiger partial charge in [-0.1, -0.05) is 152 Å². The molecule has 7 aromatic rings. The Labute approximate surface area is 280 Å². The number of amidine groups is 1. The van der Waals surface area contributed by atoms with Crippen molar-refractivity contribution in [2.45, 2.75) is 17.8 Å². The molecule has 9 rings (SSSR count). The van der Waals surface area contributed by atoms with Crippen LogP contribution in [0.3, 0.4) is 0 Å². The van der Waals surface area contributed by atoms with Crippen molar-refractivity contribution < 1.29 is 0 Å². The summed E-state index contributed by atoms with van der Waals surface area (Å²) in [5, 5.41) is 12.4. The molecule has 2 aliphatic carbocycles. The van der Waals surface area contributed by atoms with Crippen LogP contribution in [-0.4, -0.2) is 16.6 Å². The van der Waals surface area contributed by atoms with Crippen molar-refractivity contribution in [1.29, 1.82) is 5.41 Å². The Balaban J connectivity index is 1.37. The first kappa shape index (κ1) is 28.2. The lowest BCUT2D eigenvalue weighted by atomic mass is 9.66. The van der Waals surface area contributed by atoms with Crippen LogP contribution in [0.25, 0.3) is 28.2 Å². The van der Waals surface area contributed by atoms with E-state index in [0.29, 0.717) is 0 Å². The fourth-order valence-corrected chi connectivity index (χ4v) is 8.25. The predicted octanol–water partition coefficient (Wildman–Crippen LogP) is 8.54. The molecule has 1 heterocycles. The van der Waals surface area contributed by atoms with E-state index >= 15 is 0 Å². The molecular formula is C45H33N3. The van der Waals surface area contributed by atoms with Crippen LogP contribution in [0.1, 0.15) is 45.7 Å². The highest BCUT2D eigenvalue weighted by Gasteiger charge is 2.51. The van der Waals surface area contributed by atoms with E-state index in [1.807, 2.05) is 36.5 Å². The molecule has 0 spiro atoms. The third kappa shape index (κ3) is 4.21. The number of aromatic nitrogens is 1. The molecule has 0 aliphatic heterocycles. The minimum Gasteiger partial charge on any atom is -0.309 e. The summed E-state index contributed by atoms with van der Waals surface area (Å²) in [5.41, 5.74) is 10.3. The SMILES string of the molecule is N=C(N=Cc1cccc(-n2c3c(c4ccccc42)=CCC2C=3C(c3ccccc3)(c3ccccc3)c3ccccc32)c1)c1ccccc1. The summed E-state index contributed by atoms with van der Waals surface area (Å²) in [4.78, 5) is 4.56. The van der Waals surface area contributed by atoms with Crippen molar-refractivity contribution in [3.8, 4) is 5.69 Å². The third-order valence-corrected chi connectivity index (χ3v) is 10.2. The van der Waals surface area contributed by atoms with Crippen molar-refractivity contribution in [3.63, 3.8) is 0 Å². The van der Waals surface area contributed by atoms with Gasteiger partial charge in [0.15, 0.2) is 5.84 Å². The van der Waals surface area contributed by atoms with Gasteiger partial charge in [-0.25, -0.2) is 4.99 Å². The van der Waals surface area contributed by atoms with Gasteiger partial charge in [0.2, 0.25) is 0 Å². The normalized spacial score (nSPS) is 15.9. The molecule has 3 nitrogen and oxygen atoms in total. The maximum Gasteiger partial charge on any atom is 0.151 e. The van der Waals surface area contributed by atoms with Gasteiger partial charge in [-0.15, -0.1) is 0 Å². The minimum absolute atomic E-state index is 0.230. The molecule has 48 heavy (non-hydrogen) atoms. The zero-order valence-electron chi connectivity index (χ0n) is 26.4. The quantitative estimate of drug-likeness (QED) is 0.149. The van der Waals surface area contributed by atoms with Gasteiger partial charge in [0.1, 0.15) is 0 Å². The average Bonchev–Trinajstić information content (AvgIpc) is 3.66. The number of rotatable bonds is 5. The van der Waals surface area contributed by atoms with E-state index in [0.717, 1.165) is 23.2 Å². The Hall–Kier alpha value is -6.06. The molecule has 228 valence electrons. The Morgan fingerprint density at radius 3 is 2.08 bits per heavy atom. The number of nitrogens with one attached hydrogen (secondary N) is 1. The second-order valence-corrected chi connectivity index (χ2v) is 12.7. The summed E-state index contributed by atoms with van der Waals surface area (Å²) in [6, 6.07) is 58.3. The molecule has 6 aromatic carbocycles. The lowest BCUT2D eigenvalue weighted by molar-refractivity contribution is 0.771. The van der Waals surface area contributed by atoms with Crippen molar-refractivity contribution in [2.24, 2.45) is 4.99 Å². The number of fused-ring (bicyclic) bond motifs is 6. The molecule has 0 radical (unpaired) electrons. The Morgan fingerprint density at radius 1 is 0.688 bits per heavy atom. The lowest BCUT2D eigenvalue weighted by Crippen LogP contribution is -2.41. The standard InChI is InChI=1S/C45H33N3/c46-44(32-16-4-1-5-17-32)47-30-31-15-14-22-35(29-31)48-41-26-13-11-24-37(41)39-28-27-38-36-23-10-12-25-40(36)45(42(38)43(39)48,33-18-6-2-7-19-33)34-20-8-3-9-21-34/h1-26,28-30,38,46H,27H2. The van der Waals surface area contributed by atoms with Crippen molar-refractivity contribution in [2.75, 3.05) is 0 Å². The van der Waals surface area contributed by atoms with Gasteiger partial charge < -0.3 is 4.57 Å². The van der Waals surface area contributed by atoms with Crippen LogP contribution in [-0.2, 0) is 5.41 Å². The summed E-state index contributed by atoms with van der Waals surface area (Å²) in [5.74, 6) is 0.477. The molecule has 1 unspecified atom stereocenters. The molecule has 0 amide bonds. The molecule has 0 fully saturated rings. The second kappa shape index (κ2) is 11.3. The first-order valence-electron chi connectivity index (χ1n) is 16.6. The van der Waals surface area contributed by atoms with E-state index in [9.17, 15) is 0 Å². The Kier molecular flexibility index (Phi) is 6.65. The van der Waals surface area contributed by atoms with Crippen LogP contribution in [0.15, 0.2) is 169 Å². The largest absolute Gasteiger partial charge is 0.309 e. The van der Waals surface area contributed by atoms with Gasteiger partial charge in [0.05, 0.1) is 16.3 Å². The van der Waals surface area contributed by atoms with Crippen molar-refractivity contribution >= 4 is 34.6 Å². The fraction of sp³-hybridized carbons (Fsp3) is 0.0667. The van der Waals surface area contributed by atoms with Gasteiger partial charge in [0, 0.05) is 34.0 Å². The van der Waals surface area contributed by atoms with E-state index in [1.54, 1.807) is 0 Å². The minimum atomic E-state index is -0.469. The number of hydrogen-bond acceptors (Lipinski definition) is 1. The molecule has 1 N–H and O–H groups in total. The van der Waals surface area contributed by atoms with Crippen LogP contribution >= 0.6 is 0 Å². The molecular weight excluding hydrogens is 583 g/mol. The monoisotopic (exact) mass is 615 g/mol. The van der Waals surface area contributed by atoms with Crippen LogP contribution in [0.5, 0.6) is 0 Å². The Bertz CT molecular complexity index is 2450. The van der Waals surface area contributed by atoms with E-state index in [-0.39, 0.29) is 11.8 Å². The zero-order valence-corrected chi connectivity index (χ0v) is 26.4. The molecule has 1 atom stereocenters.